The number of nitrogens with zero attached hydrogens (tertiary/aromatic N) is 3. The zero-order chi connectivity index (χ0) is 26.5. The van der Waals surface area contributed by atoms with Gasteiger partial charge in [-0.3, -0.25) is 4.79 Å². The predicted octanol–water partition coefficient (Wildman–Crippen LogP) is 7.06. The second-order valence-electron chi connectivity index (χ2n) is 11.6. The van der Waals surface area contributed by atoms with Crippen LogP contribution in [0.15, 0.2) is 76.0 Å². The minimum atomic E-state index is -0.188. The molecular weight excluding hydrogens is 472 g/mol. The molecule has 5 aromatic rings. The molecule has 1 aliphatic carbocycles. The van der Waals surface area contributed by atoms with Gasteiger partial charge in [0.15, 0.2) is 0 Å². The third kappa shape index (κ3) is 4.58. The molecule has 3 heterocycles. The summed E-state index contributed by atoms with van der Waals surface area (Å²) in [7, 11) is 0. The quantitative estimate of drug-likeness (QED) is 0.284. The molecule has 0 bridgehead atoms. The summed E-state index contributed by atoms with van der Waals surface area (Å²) in [5.74, 6) is 0.681. The lowest BCUT2D eigenvalue weighted by Gasteiger charge is -2.42. The number of H-pyrrole nitrogens is 1. The number of aromatic nitrogens is 4. The standard InChI is InChI=1S/C32H30N4O2/c1-31(2)18-27-25(32(3,4)19-31)17-24(29(37)34-27)28-35-30(38-36-28)22-12-9-20(10-13-22)11-15-23-16-14-21-7-5-6-8-26(21)33-23/h5-17H,18-19H2,1-4H3,(H,34,37)/b15-11+. The molecule has 0 unspecified atom stereocenters. The molecule has 0 amide bonds. The first-order valence-corrected chi connectivity index (χ1v) is 12.9. The maximum absolute atomic E-state index is 13.0. The summed E-state index contributed by atoms with van der Waals surface area (Å²) in [5.41, 5.74) is 6.17. The van der Waals surface area contributed by atoms with Gasteiger partial charge in [-0.05, 0) is 71.2 Å². The highest BCUT2D eigenvalue weighted by Crippen LogP contribution is 2.45. The van der Waals surface area contributed by atoms with Crippen LogP contribution in [0.5, 0.6) is 0 Å². The Bertz CT molecular complexity index is 1740. The van der Waals surface area contributed by atoms with E-state index in [4.69, 9.17) is 4.52 Å². The van der Waals surface area contributed by atoms with Crippen molar-refractivity contribution < 1.29 is 4.52 Å². The highest BCUT2D eigenvalue weighted by molar-refractivity contribution is 5.81. The van der Waals surface area contributed by atoms with E-state index < -0.39 is 0 Å². The molecule has 6 rings (SSSR count). The molecular formula is C32H30N4O2. The first-order chi connectivity index (χ1) is 18.2. The van der Waals surface area contributed by atoms with E-state index >= 15 is 0 Å². The monoisotopic (exact) mass is 502 g/mol. The van der Waals surface area contributed by atoms with Crippen LogP contribution in [0.25, 0.3) is 45.9 Å². The third-order valence-corrected chi connectivity index (χ3v) is 7.32. The van der Waals surface area contributed by atoms with Crippen molar-refractivity contribution in [2.24, 2.45) is 5.41 Å². The van der Waals surface area contributed by atoms with Crippen molar-refractivity contribution in [1.29, 1.82) is 0 Å². The summed E-state index contributed by atoms with van der Waals surface area (Å²) in [4.78, 5) is 25.3. The third-order valence-electron chi connectivity index (χ3n) is 7.32. The summed E-state index contributed by atoms with van der Waals surface area (Å²) in [5, 5.41) is 5.27. The minimum absolute atomic E-state index is 0.0612. The Kier molecular flexibility index (Phi) is 5.64. The number of hydrogen-bond donors (Lipinski definition) is 1. The van der Waals surface area contributed by atoms with Gasteiger partial charge in [0.1, 0.15) is 0 Å². The number of hydrogen-bond acceptors (Lipinski definition) is 5. The van der Waals surface area contributed by atoms with E-state index in [1.807, 2.05) is 66.7 Å². The molecule has 0 saturated carbocycles. The van der Waals surface area contributed by atoms with Crippen LogP contribution >= 0.6 is 0 Å². The normalized spacial score (nSPS) is 16.1. The molecule has 0 saturated heterocycles. The molecule has 0 spiro atoms. The van der Waals surface area contributed by atoms with Crippen molar-refractivity contribution in [3.8, 4) is 22.8 Å². The molecule has 1 aliphatic rings. The molecule has 0 aliphatic heterocycles. The highest BCUT2D eigenvalue weighted by Gasteiger charge is 2.38. The van der Waals surface area contributed by atoms with E-state index in [-0.39, 0.29) is 16.4 Å². The number of aromatic amines is 1. The van der Waals surface area contributed by atoms with Gasteiger partial charge in [-0.25, -0.2) is 4.98 Å². The van der Waals surface area contributed by atoms with Crippen LogP contribution in [0, 0.1) is 5.41 Å². The van der Waals surface area contributed by atoms with Crippen LogP contribution in [-0.2, 0) is 11.8 Å². The maximum Gasteiger partial charge on any atom is 0.259 e. The number of fused-ring (bicyclic) bond motifs is 2. The van der Waals surface area contributed by atoms with E-state index in [0.717, 1.165) is 51.8 Å². The summed E-state index contributed by atoms with van der Waals surface area (Å²) in [6, 6.07) is 22.0. The van der Waals surface area contributed by atoms with Gasteiger partial charge < -0.3 is 9.51 Å². The van der Waals surface area contributed by atoms with Gasteiger partial charge in [0.05, 0.1) is 16.8 Å². The minimum Gasteiger partial charge on any atom is -0.334 e. The van der Waals surface area contributed by atoms with E-state index in [1.165, 1.54) is 0 Å². The van der Waals surface area contributed by atoms with Gasteiger partial charge >= 0.3 is 0 Å². The molecule has 1 N–H and O–H groups in total. The fraction of sp³-hybridized carbons (Fsp3) is 0.250. The van der Waals surface area contributed by atoms with Crippen LogP contribution in [0.2, 0.25) is 0 Å². The average molecular weight is 503 g/mol. The lowest BCUT2D eigenvalue weighted by molar-refractivity contribution is 0.227. The van der Waals surface area contributed by atoms with Gasteiger partial charge in [0.2, 0.25) is 5.82 Å². The number of benzene rings is 2. The number of pyridine rings is 2. The van der Waals surface area contributed by atoms with Crippen molar-refractivity contribution in [3.63, 3.8) is 0 Å². The molecule has 6 heteroatoms. The van der Waals surface area contributed by atoms with Crippen molar-refractivity contribution in [1.82, 2.24) is 20.1 Å². The largest absolute Gasteiger partial charge is 0.334 e. The van der Waals surface area contributed by atoms with Crippen molar-refractivity contribution in [2.45, 2.75) is 46.0 Å². The molecule has 6 nitrogen and oxygen atoms in total. The van der Waals surface area contributed by atoms with Gasteiger partial charge in [-0.15, -0.1) is 0 Å². The van der Waals surface area contributed by atoms with Crippen molar-refractivity contribution >= 4 is 23.1 Å². The van der Waals surface area contributed by atoms with Crippen LogP contribution in [0.1, 0.15) is 56.6 Å². The second kappa shape index (κ2) is 8.91. The fourth-order valence-electron chi connectivity index (χ4n) is 5.85. The summed E-state index contributed by atoms with van der Waals surface area (Å²) >= 11 is 0. The lowest BCUT2D eigenvalue weighted by atomic mass is 9.64. The van der Waals surface area contributed by atoms with Crippen LogP contribution in [0.4, 0.5) is 0 Å². The Morgan fingerprint density at radius 1 is 0.921 bits per heavy atom. The summed E-state index contributed by atoms with van der Waals surface area (Å²) in [6.45, 7) is 8.94. The van der Waals surface area contributed by atoms with Gasteiger partial charge in [-0.1, -0.05) is 75.3 Å². The predicted molar refractivity (Wildman–Crippen MR) is 152 cm³/mol. The van der Waals surface area contributed by atoms with Crippen molar-refractivity contribution in [3.05, 3.63) is 99.6 Å². The summed E-state index contributed by atoms with van der Waals surface area (Å²) in [6.07, 6.45) is 5.90. The maximum atomic E-state index is 13.0. The Morgan fingerprint density at radius 2 is 1.71 bits per heavy atom. The number of para-hydroxylation sites is 1. The molecule has 2 aromatic carbocycles. The first-order valence-electron chi connectivity index (χ1n) is 12.9. The summed E-state index contributed by atoms with van der Waals surface area (Å²) < 4.78 is 5.56. The molecule has 38 heavy (non-hydrogen) atoms. The zero-order valence-corrected chi connectivity index (χ0v) is 22.1. The lowest BCUT2D eigenvalue weighted by Crippen LogP contribution is -2.37. The van der Waals surface area contributed by atoms with E-state index in [2.05, 4.69) is 59.9 Å². The Morgan fingerprint density at radius 3 is 2.53 bits per heavy atom. The number of nitrogens with one attached hydrogen (secondary N) is 1. The van der Waals surface area contributed by atoms with Crippen LogP contribution < -0.4 is 5.56 Å². The topological polar surface area (TPSA) is 84.7 Å². The molecule has 0 radical (unpaired) electrons. The van der Waals surface area contributed by atoms with E-state index in [0.29, 0.717) is 17.3 Å². The Labute approximate surface area is 221 Å². The van der Waals surface area contributed by atoms with Gasteiger partial charge in [0.25, 0.3) is 11.4 Å². The molecule has 0 atom stereocenters. The zero-order valence-electron chi connectivity index (χ0n) is 22.1. The van der Waals surface area contributed by atoms with E-state index in [1.54, 1.807) is 0 Å². The first kappa shape index (κ1) is 24.0. The molecule has 0 fully saturated rings. The Balaban J connectivity index is 1.24. The SMILES string of the molecule is CC1(C)Cc2[nH]c(=O)c(-c3noc(-c4ccc(/C=C/c5ccc6ccccc6n5)cc4)n3)cc2C(C)(C)C1. The van der Waals surface area contributed by atoms with Gasteiger partial charge in [0, 0.05) is 16.6 Å². The molecule has 190 valence electrons. The highest BCUT2D eigenvalue weighted by atomic mass is 16.5. The Hall–Kier alpha value is -4.32. The molecule has 3 aromatic heterocycles. The van der Waals surface area contributed by atoms with Crippen LogP contribution in [0.3, 0.4) is 0 Å². The average Bonchev–Trinajstić information content (AvgIpc) is 3.36. The smallest absolute Gasteiger partial charge is 0.259 e. The van der Waals surface area contributed by atoms with E-state index in [9.17, 15) is 4.79 Å². The fourth-order valence-corrected chi connectivity index (χ4v) is 5.85. The number of rotatable bonds is 4. The van der Waals surface area contributed by atoms with Crippen LogP contribution in [-0.4, -0.2) is 20.1 Å². The second-order valence-corrected chi connectivity index (χ2v) is 11.6. The van der Waals surface area contributed by atoms with Crippen molar-refractivity contribution in [2.75, 3.05) is 0 Å². The van der Waals surface area contributed by atoms with Gasteiger partial charge in [-0.2, -0.15) is 4.98 Å².